The zero-order valence-corrected chi connectivity index (χ0v) is 47.2. The quantitative estimate of drug-likeness (QED) is 0.0960. The summed E-state index contributed by atoms with van der Waals surface area (Å²) in [7, 11) is 0. The summed E-state index contributed by atoms with van der Waals surface area (Å²) in [5, 5.41) is 0. The van der Waals surface area contributed by atoms with Crippen LogP contribution in [0.4, 0.5) is 68.2 Å². The Hall–Kier alpha value is -11.6. The molecule has 0 atom stereocenters. The van der Waals surface area contributed by atoms with Gasteiger partial charge in [0, 0.05) is 79.4 Å². The Balaban J connectivity index is 0.775. The maximum absolute atomic E-state index is 5.35. The van der Waals surface area contributed by atoms with Crippen LogP contribution in [-0.2, 0) is 0 Å². The lowest BCUT2D eigenvalue weighted by molar-refractivity contribution is 1.25. The fraction of sp³-hybridized carbons (Fsp3) is 0. The van der Waals surface area contributed by atoms with Gasteiger partial charge in [0.2, 0.25) is 0 Å². The van der Waals surface area contributed by atoms with E-state index < -0.39 is 0 Å². The molecule has 14 rings (SSSR count). The van der Waals surface area contributed by atoms with E-state index in [0.29, 0.717) is 0 Å². The van der Waals surface area contributed by atoms with E-state index in [1.807, 2.05) is 24.3 Å². The second-order valence-corrected chi connectivity index (χ2v) is 21.0. The van der Waals surface area contributed by atoms with Gasteiger partial charge in [-0.2, -0.15) is 0 Å². The van der Waals surface area contributed by atoms with Crippen LogP contribution in [-0.4, -0.2) is 9.97 Å². The van der Waals surface area contributed by atoms with Crippen LogP contribution in [0.3, 0.4) is 0 Å². The third-order valence-corrected chi connectivity index (χ3v) is 15.6. The third kappa shape index (κ3) is 11.0. The smallest absolute Gasteiger partial charge is 0.0973 e. The molecule has 0 fully saturated rings. The summed E-state index contributed by atoms with van der Waals surface area (Å²) in [6.45, 7) is 0. The molecule has 0 saturated carbocycles. The van der Waals surface area contributed by atoms with Gasteiger partial charge in [-0.25, -0.2) is 9.97 Å². The van der Waals surface area contributed by atoms with Crippen molar-refractivity contribution in [2.45, 2.75) is 0 Å². The average Bonchev–Trinajstić information content (AvgIpc) is 2.18. The van der Waals surface area contributed by atoms with Crippen LogP contribution >= 0.6 is 0 Å². The lowest BCUT2D eigenvalue weighted by Crippen LogP contribution is -2.12. The molecular formula is C80H58N6. The average molecular weight is 1100 g/mol. The summed E-state index contributed by atoms with van der Waals surface area (Å²) in [4.78, 5) is 19.9. The first-order chi connectivity index (χ1) is 42.6. The molecule has 0 aliphatic carbocycles. The van der Waals surface area contributed by atoms with Gasteiger partial charge in [-0.05, 0) is 180 Å². The van der Waals surface area contributed by atoms with Crippen molar-refractivity contribution >= 4 is 79.3 Å². The molecule has 0 bridgehead atoms. The Bertz CT molecular complexity index is 4200. The molecule has 6 heteroatoms. The van der Waals surface area contributed by atoms with Crippen molar-refractivity contribution < 1.29 is 0 Å². The van der Waals surface area contributed by atoms with Crippen molar-refractivity contribution in [3.8, 4) is 44.8 Å². The van der Waals surface area contributed by atoms with Gasteiger partial charge < -0.3 is 19.6 Å². The van der Waals surface area contributed by atoms with Gasteiger partial charge >= 0.3 is 0 Å². The van der Waals surface area contributed by atoms with Crippen LogP contribution in [0, 0.1) is 0 Å². The van der Waals surface area contributed by atoms with Crippen molar-refractivity contribution in [1.29, 1.82) is 0 Å². The fourth-order valence-corrected chi connectivity index (χ4v) is 11.4. The maximum Gasteiger partial charge on any atom is 0.0973 e. The highest BCUT2D eigenvalue weighted by Gasteiger charge is 2.21. The molecule has 0 aliphatic heterocycles. The molecule has 0 amide bonds. The number of aromatic nitrogens is 2. The van der Waals surface area contributed by atoms with Gasteiger partial charge in [0.25, 0.3) is 0 Å². The summed E-state index contributed by atoms with van der Waals surface area (Å²) < 4.78 is 0. The van der Waals surface area contributed by atoms with Crippen LogP contribution in [0.2, 0.25) is 0 Å². The van der Waals surface area contributed by atoms with E-state index in [4.69, 9.17) is 9.97 Å². The summed E-state index contributed by atoms with van der Waals surface area (Å²) in [6, 6.07) is 124. The van der Waals surface area contributed by atoms with E-state index in [0.717, 1.165) is 102 Å². The number of hydrogen-bond donors (Lipinski definition) is 0. The van der Waals surface area contributed by atoms with Gasteiger partial charge in [-0.3, -0.25) is 0 Å². The molecule has 0 spiro atoms. The van der Waals surface area contributed by atoms with Crippen LogP contribution in [0.15, 0.2) is 352 Å². The standard InChI is InChI=1S/C80H58N6/c1-7-21-59(22-8-1)61-35-43-69(44-36-61)83(65-25-11-3-12-26-65)73-51-55-75(56-52-73)85(67-29-15-5-16-30-67)71-47-39-63(40-48-71)79-80(82-78-34-20-19-33-77(78)81-79)64-41-49-72(50-42-64)86(68-31-17-6-18-32-68)76-57-53-74(54-58-76)84(66-27-13-4-14-28-66)70-45-37-62(38-46-70)60-23-9-2-10-24-60/h1-58H. The Morgan fingerprint density at radius 1 is 0.140 bits per heavy atom. The van der Waals surface area contributed by atoms with Gasteiger partial charge in [0.1, 0.15) is 0 Å². The molecular weight excluding hydrogens is 1040 g/mol. The number of hydrogen-bond acceptors (Lipinski definition) is 6. The number of benzene rings is 13. The Kier molecular flexibility index (Phi) is 14.7. The zero-order chi connectivity index (χ0) is 57.4. The largest absolute Gasteiger partial charge is 0.311 e. The monoisotopic (exact) mass is 1100 g/mol. The molecule has 0 radical (unpaired) electrons. The summed E-state index contributed by atoms with van der Waals surface area (Å²) >= 11 is 0. The summed E-state index contributed by atoms with van der Waals surface area (Å²) in [5.74, 6) is 0. The van der Waals surface area contributed by atoms with Crippen LogP contribution in [0.5, 0.6) is 0 Å². The first-order valence-corrected chi connectivity index (χ1v) is 29.0. The molecule has 6 nitrogen and oxygen atoms in total. The minimum atomic E-state index is 0.810. The predicted octanol–water partition coefficient (Wildman–Crippen LogP) is 22.2. The van der Waals surface area contributed by atoms with E-state index in [1.165, 1.54) is 22.3 Å². The van der Waals surface area contributed by atoms with Crippen LogP contribution in [0.25, 0.3) is 55.8 Å². The second kappa shape index (κ2) is 24.1. The lowest BCUT2D eigenvalue weighted by Gasteiger charge is -2.28. The van der Waals surface area contributed by atoms with Crippen LogP contribution < -0.4 is 19.6 Å². The van der Waals surface area contributed by atoms with Crippen molar-refractivity contribution in [3.05, 3.63) is 352 Å². The second-order valence-electron chi connectivity index (χ2n) is 21.0. The highest BCUT2D eigenvalue weighted by atomic mass is 15.2. The molecule has 408 valence electrons. The van der Waals surface area contributed by atoms with E-state index >= 15 is 0 Å². The molecule has 86 heavy (non-hydrogen) atoms. The highest BCUT2D eigenvalue weighted by Crippen LogP contribution is 2.43. The third-order valence-electron chi connectivity index (χ3n) is 15.6. The van der Waals surface area contributed by atoms with Gasteiger partial charge in [-0.1, -0.05) is 194 Å². The lowest BCUT2D eigenvalue weighted by atomic mass is 10.0. The minimum Gasteiger partial charge on any atom is -0.311 e. The number of anilines is 12. The Morgan fingerprint density at radius 3 is 0.535 bits per heavy atom. The molecule has 0 saturated heterocycles. The molecule has 13 aromatic carbocycles. The molecule has 1 aromatic heterocycles. The first kappa shape index (κ1) is 52.5. The number of fused-ring (bicyclic) bond motifs is 1. The predicted molar refractivity (Wildman–Crippen MR) is 360 cm³/mol. The summed E-state index contributed by atoms with van der Waals surface area (Å²) in [6.07, 6.45) is 0. The molecule has 1 heterocycles. The van der Waals surface area contributed by atoms with Gasteiger partial charge in [0.05, 0.1) is 22.4 Å². The van der Waals surface area contributed by atoms with Crippen molar-refractivity contribution in [2.75, 3.05) is 19.6 Å². The number of para-hydroxylation sites is 6. The van der Waals surface area contributed by atoms with Gasteiger partial charge in [0.15, 0.2) is 0 Å². The van der Waals surface area contributed by atoms with Crippen molar-refractivity contribution in [3.63, 3.8) is 0 Å². The number of rotatable bonds is 16. The van der Waals surface area contributed by atoms with Crippen molar-refractivity contribution in [2.24, 2.45) is 0 Å². The van der Waals surface area contributed by atoms with E-state index in [1.54, 1.807) is 0 Å². The van der Waals surface area contributed by atoms with E-state index in [9.17, 15) is 0 Å². The SMILES string of the molecule is c1ccc(-c2ccc(N(c3ccccc3)c3ccc(N(c4ccccc4)c4ccc(-c5nc6ccccc6nc5-c5ccc(N(c6ccccc6)c6ccc(N(c7ccccc7)c7ccc(-c8ccccc8)cc7)cc6)cc5)cc4)cc3)cc2)cc1. The Labute approximate surface area is 502 Å². The van der Waals surface area contributed by atoms with Gasteiger partial charge in [-0.15, -0.1) is 0 Å². The van der Waals surface area contributed by atoms with Crippen LogP contribution in [0.1, 0.15) is 0 Å². The Morgan fingerprint density at radius 2 is 0.302 bits per heavy atom. The van der Waals surface area contributed by atoms with E-state index in [-0.39, 0.29) is 0 Å². The number of nitrogens with zero attached hydrogens (tertiary/aromatic N) is 6. The fourth-order valence-electron chi connectivity index (χ4n) is 11.4. The molecule has 0 N–H and O–H groups in total. The van der Waals surface area contributed by atoms with E-state index in [2.05, 4.69) is 347 Å². The first-order valence-electron chi connectivity index (χ1n) is 29.0. The maximum atomic E-state index is 5.35. The zero-order valence-electron chi connectivity index (χ0n) is 47.2. The highest BCUT2D eigenvalue weighted by molar-refractivity contribution is 5.90. The minimum absolute atomic E-state index is 0.810. The molecule has 14 aromatic rings. The van der Waals surface area contributed by atoms with Crippen molar-refractivity contribution in [1.82, 2.24) is 9.97 Å². The molecule has 0 unspecified atom stereocenters. The molecule has 0 aliphatic rings. The topological polar surface area (TPSA) is 38.7 Å². The normalized spacial score (nSPS) is 11.0. The summed E-state index contributed by atoms with van der Waals surface area (Å²) in [5.41, 5.74) is 22.6.